The Bertz CT molecular complexity index is 1450. The Morgan fingerprint density at radius 1 is 1.18 bits per heavy atom. The Labute approximate surface area is 199 Å². The number of phenolic OH excluding ortho intramolecular Hbond substituents is 1. The number of benzene rings is 1. The van der Waals surface area contributed by atoms with E-state index in [0.29, 0.717) is 29.1 Å². The summed E-state index contributed by atoms with van der Waals surface area (Å²) < 4.78 is 6.87. The van der Waals surface area contributed by atoms with Gasteiger partial charge < -0.3 is 19.5 Å². The van der Waals surface area contributed by atoms with Crippen molar-refractivity contribution < 1.29 is 19.7 Å². The molecule has 0 saturated heterocycles. The minimum Gasteiger partial charge on any atom is -0.508 e. The Morgan fingerprint density at radius 2 is 1.88 bits per heavy atom. The largest absolute Gasteiger partial charge is 0.508 e. The molecule has 0 saturated carbocycles. The fourth-order valence-electron chi connectivity index (χ4n) is 5.16. The van der Waals surface area contributed by atoms with Crippen molar-refractivity contribution in [3.8, 4) is 17.1 Å². The van der Waals surface area contributed by atoms with Gasteiger partial charge in [0, 0.05) is 10.9 Å². The molecule has 1 atom stereocenters. The molecule has 7 nitrogen and oxygen atoms in total. The van der Waals surface area contributed by atoms with Gasteiger partial charge in [0.25, 0.3) is 5.56 Å². The zero-order valence-corrected chi connectivity index (χ0v) is 21.4. The molecule has 1 aromatic carbocycles. The third-order valence-corrected chi connectivity index (χ3v) is 13.7. The number of esters is 1. The van der Waals surface area contributed by atoms with Gasteiger partial charge in [0.2, 0.25) is 0 Å². The van der Waals surface area contributed by atoms with Crippen LogP contribution < -0.4 is 10.7 Å². The smallest absolute Gasteiger partial charge is 0.343 e. The third-order valence-electron chi connectivity index (χ3n) is 8.17. The summed E-state index contributed by atoms with van der Waals surface area (Å²) in [5.74, 6) is -0.546. The summed E-state index contributed by atoms with van der Waals surface area (Å²) in [7, 11) is -2.15. The van der Waals surface area contributed by atoms with E-state index in [4.69, 9.17) is 9.72 Å². The predicted octanol–water partition coefficient (Wildman–Crippen LogP) is 3.50. The highest BCUT2D eigenvalue weighted by Crippen LogP contribution is 2.42. The molecule has 178 valence electrons. The summed E-state index contributed by atoms with van der Waals surface area (Å²) in [6, 6.07) is 6.96. The van der Waals surface area contributed by atoms with Crippen LogP contribution in [0.2, 0.25) is 18.1 Å². The Kier molecular flexibility index (Phi) is 4.71. The van der Waals surface area contributed by atoms with Crippen molar-refractivity contribution in [3.63, 3.8) is 0 Å². The number of hydrogen-bond acceptors (Lipinski definition) is 6. The molecular weight excluding hydrogens is 448 g/mol. The van der Waals surface area contributed by atoms with Crippen molar-refractivity contribution in [1.29, 1.82) is 0 Å². The molecule has 0 aliphatic carbocycles. The molecule has 5 rings (SSSR count). The lowest BCUT2D eigenvalue weighted by Crippen LogP contribution is -2.51. The Hall–Kier alpha value is -2.97. The molecule has 0 spiro atoms. The molecule has 8 heteroatoms. The molecule has 0 bridgehead atoms. The molecule has 2 aliphatic rings. The zero-order valence-electron chi connectivity index (χ0n) is 20.4. The maximum absolute atomic E-state index is 13.6. The summed E-state index contributed by atoms with van der Waals surface area (Å²) in [6.45, 7) is 13.2. The lowest BCUT2D eigenvalue weighted by atomic mass is 9.86. The van der Waals surface area contributed by atoms with Crippen molar-refractivity contribution in [2.75, 3.05) is 0 Å². The average molecular weight is 479 g/mol. The number of nitrogens with zero attached hydrogens (tertiary/aromatic N) is 2. The van der Waals surface area contributed by atoms with Gasteiger partial charge in [0.15, 0.2) is 5.60 Å². The maximum Gasteiger partial charge on any atom is 0.343 e. The van der Waals surface area contributed by atoms with Crippen LogP contribution in [0.3, 0.4) is 0 Å². The summed E-state index contributed by atoms with van der Waals surface area (Å²) in [5, 5.41) is 23.5. The number of carbonyl (C=O) groups excluding carboxylic acids is 1. The monoisotopic (exact) mass is 478 g/mol. The number of aromatic hydroxyl groups is 1. The van der Waals surface area contributed by atoms with Crippen molar-refractivity contribution in [3.05, 3.63) is 51.3 Å². The highest BCUT2D eigenvalue weighted by atomic mass is 28.3. The lowest BCUT2D eigenvalue weighted by Gasteiger charge is -2.39. The van der Waals surface area contributed by atoms with Crippen LogP contribution in [0.15, 0.2) is 29.1 Å². The maximum atomic E-state index is 13.6. The minimum atomic E-state index is -2.15. The number of ether oxygens (including phenoxy) is 1. The second kappa shape index (κ2) is 7.02. The number of aliphatic hydroxyl groups is 1. The van der Waals surface area contributed by atoms with E-state index in [-0.39, 0.29) is 29.4 Å². The number of phenols is 1. The van der Waals surface area contributed by atoms with Gasteiger partial charge in [-0.1, -0.05) is 40.8 Å². The van der Waals surface area contributed by atoms with Gasteiger partial charge in [0.1, 0.15) is 12.4 Å². The van der Waals surface area contributed by atoms with E-state index in [1.165, 1.54) is 5.19 Å². The van der Waals surface area contributed by atoms with Gasteiger partial charge in [-0.3, -0.25) is 4.79 Å². The van der Waals surface area contributed by atoms with Gasteiger partial charge in [-0.2, -0.15) is 0 Å². The number of pyridine rings is 2. The van der Waals surface area contributed by atoms with Gasteiger partial charge in [0.05, 0.1) is 37.1 Å². The van der Waals surface area contributed by atoms with Gasteiger partial charge in [-0.25, -0.2) is 9.78 Å². The fraction of sp³-hybridized carbons (Fsp3) is 0.423. The van der Waals surface area contributed by atoms with Crippen LogP contribution in [0, 0.1) is 0 Å². The first-order valence-corrected chi connectivity index (χ1v) is 14.6. The van der Waals surface area contributed by atoms with E-state index >= 15 is 0 Å². The van der Waals surface area contributed by atoms with Crippen molar-refractivity contribution in [2.24, 2.45) is 0 Å². The van der Waals surface area contributed by atoms with Crippen LogP contribution in [0.5, 0.6) is 5.75 Å². The summed E-state index contributed by atoms with van der Waals surface area (Å²) >= 11 is 0. The molecule has 3 aromatic rings. The predicted molar refractivity (Wildman–Crippen MR) is 133 cm³/mol. The van der Waals surface area contributed by atoms with Crippen LogP contribution >= 0.6 is 0 Å². The van der Waals surface area contributed by atoms with E-state index in [1.807, 2.05) is 0 Å². The Balaban J connectivity index is 1.88. The number of fused-ring (bicyclic) bond motifs is 5. The number of rotatable bonds is 2. The summed E-state index contributed by atoms with van der Waals surface area (Å²) in [6.07, 6.45) is 0.105. The van der Waals surface area contributed by atoms with Crippen molar-refractivity contribution in [1.82, 2.24) is 9.55 Å². The van der Waals surface area contributed by atoms with Crippen LogP contribution in [0.4, 0.5) is 0 Å². The fourth-order valence-corrected chi connectivity index (χ4v) is 7.73. The Morgan fingerprint density at radius 3 is 2.53 bits per heavy atom. The molecule has 2 aliphatic heterocycles. The topological polar surface area (TPSA) is 102 Å². The van der Waals surface area contributed by atoms with E-state index in [2.05, 4.69) is 33.9 Å². The van der Waals surface area contributed by atoms with Gasteiger partial charge in [-0.05, 0) is 46.5 Å². The molecule has 0 unspecified atom stereocenters. The summed E-state index contributed by atoms with van der Waals surface area (Å²) in [5.41, 5.74) is 1.56. The van der Waals surface area contributed by atoms with Crippen LogP contribution in [0.1, 0.15) is 50.8 Å². The highest BCUT2D eigenvalue weighted by Gasteiger charge is 2.46. The van der Waals surface area contributed by atoms with Gasteiger partial charge >= 0.3 is 5.97 Å². The first kappa shape index (κ1) is 22.8. The van der Waals surface area contributed by atoms with Crippen LogP contribution in [0.25, 0.3) is 22.3 Å². The molecule has 2 aromatic heterocycles. The number of hydrogen-bond donors (Lipinski definition) is 2. The van der Waals surface area contributed by atoms with E-state index < -0.39 is 19.6 Å². The van der Waals surface area contributed by atoms with Crippen molar-refractivity contribution >= 4 is 30.1 Å². The lowest BCUT2D eigenvalue weighted by molar-refractivity contribution is -0.172. The van der Waals surface area contributed by atoms with E-state index in [1.54, 1.807) is 35.8 Å². The van der Waals surface area contributed by atoms with Crippen LogP contribution in [-0.2, 0) is 28.3 Å². The first-order valence-electron chi connectivity index (χ1n) is 11.6. The molecule has 34 heavy (non-hydrogen) atoms. The number of carbonyl (C=O) groups is 1. The van der Waals surface area contributed by atoms with Crippen molar-refractivity contribution in [2.45, 2.75) is 71.0 Å². The molecular formula is C26H30N2O5Si. The van der Waals surface area contributed by atoms with E-state index in [0.717, 1.165) is 16.5 Å². The quantitative estimate of drug-likeness (QED) is 0.338. The third kappa shape index (κ3) is 2.88. The van der Waals surface area contributed by atoms with Crippen LogP contribution in [-0.4, -0.2) is 33.8 Å². The molecule has 0 fully saturated rings. The SMILES string of the molecule is CC[C@]1(O)C(=O)OCc2c1cc1n(c2=O)Cc2c-1nc1ccc(O)cc1c2[Si](C)(C)C(C)(C)C. The normalized spacial score (nSPS) is 19.6. The average Bonchev–Trinajstić information content (AvgIpc) is 3.12. The molecule has 0 radical (unpaired) electrons. The van der Waals surface area contributed by atoms with Gasteiger partial charge in [-0.15, -0.1) is 0 Å². The summed E-state index contributed by atoms with van der Waals surface area (Å²) in [4.78, 5) is 31.0. The standard InChI is InChI=1S/C26H30N2O5Si/c1-7-26(32)18-11-20-21-16(12-28(20)23(30)17(18)13-33-24(26)31)22(34(5,6)25(2,3)4)15-10-14(29)8-9-19(15)27-21/h8-11,29,32H,7,12-13H2,1-6H3/t26-/m1/s1. The second-order valence-corrected chi connectivity index (χ2v) is 16.2. The molecule has 0 amide bonds. The zero-order chi connectivity index (χ0) is 24.8. The van der Waals surface area contributed by atoms with E-state index in [9.17, 15) is 19.8 Å². The molecule has 2 N–H and O–H groups in total. The minimum absolute atomic E-state index is 0.00219. The molecule has 4 heterocycles. The highest BCUT2D eigenvalue weighted by molar-refractivity contribution is 6.94. The number of cyclic esters (lactones) is 1. The first-order chi connectivity index (χ1) is 15.8. The number of aromatic nitrogens is 2. The second-order valence-electron chi connectivity index (χ2n) is 11.0.